The highest BCUT2D eigenvalue weighted by Gasteiger charge is 2.23. The third kappa shape index (κ3) is 4.58. The topological polar surface area (TPSA) is 69.6 Å². The molecule has 6 heteroatoms. The summed E-state index contributed by atoms with van der Waals surface area (Å²) < 4.78 is 28.4. The van der Waals surface area contributed by atoms with Gasteiger partial charge in [0.2, 0.25) is 0 Å². The molecular formula is C13H22N2O3S. The SMILES string of the molecule is CCN(CC)S(=O)(=O)N[C@H](CCO)c1ccccc1. The molecule has 2 N–H and O–H groups in total. The lowest BCUT2D eigenvalue weighted by atomic mass is 10.1. The van der Waals surface area contributed by atoms with Crippen LogP contribution in [0.5, 0.6) is 0 Å². The molecule has 0 spiro atoms. The number of benzene rings is 1. The molecule has 0 amide bonds. The fourth-order valence-electron chi connectivity index (χ4n) is 1.93. The number of rotatable bonds is 8. The summed E-state index contributed by atoms with van der Waals surface area (Å²) >= 11 is 0. The summed E-state index contributed by atoms with van der Waals surface area (Å²) in [6.45, 7) is 4.37. The van der Waals surface area contributed by atoms with Crippen LogP contribution in [0.3, 0.4) is 0 Å². The quantitative estimate of drug-likeness (QED) is 0.756. The minimum Gasteiger partial charge on any atom is -0.396 e. The fraction of sp³-hybridized carbons (Fsp3) is 0.538. The molecule has 5 nitrogen and oxygen atoms in total. The average Bonchev–Trinajstić information content (AvgIpc) is 2.40. The molecule has 0 aromatic heterocycles. The average molecular weight is 286 g/mol. The van der Waals surface area contributed by atoms with Gasteiger partial charge >= 0.3 is 0 Å². The van der Waals surface area contributed by atoms with Crippen LogP contribution < -0.4 is 4.72 Å². The maximum absolute atomic E-state index is 12.2. The van der Waals surface area contributed by atoms with Crippen LogP contribution in [-0.2, 0) is 10.2 Å². The van der Waals surface area contributed by atoms with Crippen molar-refractivity contribution in [2.75, 3.05) is 19.7 Å². The summed E-state index contributed by atoms with van der Waals surface area (Å²) in [5.74, 6) is 0. The Labute approximate surface area is 115 Å². The summed E-state index contributed by atoms with van der Waals surface area (Å²) in [6.07, 6.45) is 0.352. The third-order valence-corrected chi connectivity index (χ3v) is 4.73. The summed E-state index contributed by atoms with van der Waals surface area (Å²) in [5, 5.41) is 9.10. The zero-order valence-corrected chi connectivity index (χ0v) is 12.2. The lowest BCUT2D eigenvalue weighted by Gasteiger charge is -2.24. The first kappa shape index (κ1) is 16.1. The van der Waals surface area contributed by atoms with E-state index in [0.717, 1.165) is 5.56 Å². The summed E-state index contributed by atoms with van der Waals surface area (Å²) in [5.41, 5.74) is 0.854. The number of aliphatic hydroxyl groups excluding tert-OH is 1. The molecule has 1 atom stereocenters. The van der Waals surface area contributed by atoms with Crippen LogP contribution in [0.4, 0.5) is 0 Å². The molecule has 0 radical (unpaired) electrons. The van der Waals surface area contributed by atoms with Crippen LogP contribution in [0.25, 0.3) is 0 Å². The van der Waals surface area contributed by atoms with Crippen LogP contribution in [0.1, 0.15) is 31.9 Å². The Morgan fingerprint density at radius 1 is 1.21 bits per heavy atom. The molecule has 0 aliphatic rings. The second-order valence-electron chi connectivity index (χ2n) is 4.18. The molecule has 1 rings (SSSR count). The van der Waals surface area contributed by atoms with E-state index < -0.39 is 16.3 Å². The Hall–Kier alpha value is -0.950. The van der Waals surface area contributed by atoms with Crippen molar-refractivity contribution in [1.82, 2.24) is 9.03 Å². The zero-order valence-electron chi connectivity index (χ0n) is 11.4. The maximum Gasteiger partial charge on any atom is 0.279 e. The molecule has 1 aromatic rings. The molecule has 0 aliphatic carbocycles. The predicted octanol–water partition coefficient (Wildman–Crippen LogP) is 1.29. The monoisotopic (exact) mass is 286 g/mol. The second kappa shape index (κ2) is 7.59. The molecule has 0 fully saturated rings. The third-order valence-electron chi connectivity index (χ3n) is 2.96. The number of nitrogens with one attached hydrogen (secondary N) is 1. The van der Waals surface area contributed by atoms with Crippen molar-refractivity contribution in [3.63, 3.8) is 0 Å². The Balaban J connectivity index is 2.91. The van der Waals surface area contributed by atoms with Crippen LogP contribution in [0, 0.1) is 0 Å². The first-order valence-corrected chi connectivity index (χ1v) is 7.92. The smallest absolute Gasteiger partial charge is 0.279 e. The van der Waals surface area contributed by atoms with Crippen molar-refractivity contribution < 1.29 is 13.5 Å². The van der Waals surface area contributed by atoms with Crippen LogP contribution in [0.15, 0.2) is 30.3 Å². The first-order chi connectivity index (χ1) is 9.05. The van der Waals surface area contributed by atoms with Gasteiger partial charge in [-0.05, 0) is 12.0 Å². The highest BCUT2D eigenvalue weighted by Crippen LogP contribution is 2.18. The van der Waals surface area contributed by atoms with Crippen molar-refractivity contribution in [2.24, 2.45) is 0 Å². The largest absolute Gasteiger partial charge is 0.396 e. The van der Waals surface area contributed by atoms with E-state index in [-0.39, 0.29) is 6.61 Å². The van der Waals surface area contributed by atoms with Crippen molar-refractivity contribution in [2.45, 2.75) is 26.3 Å². The van der Waals surface area contributed by atoms with E-state index in [9.17, 15) is 8.42 Å². The Bertz CT molecular complexity index is 458. The van der Waals surface area contributed by atoms with E-state index in [1.54, 1.807) is 13.8 Å². The first-order valence-electron chi connectivity index (χ1n) is 6.48. The molecule has 0 aliphatic heterocycles. The van der Waals surface area contributed by atoms with E-state index in [1.807, 2.05) is 30.3 Å². The lowest BCUT2D eigenvalue weighted by molar-refractivity contribution is 0.271. The summed E-state index contributed by atoms with van der Waals surface area (Å²) in [4.78, 5) is 0. The van der Waals surface area contributed by atoms with Crippen LogP contribution >= 0.6 is 0 Å². The van der Waals surface area contributed by atoms with Gasteiger partial charge in [0.1, 0.15) is 0 Å². The minimum atomic E-state index is -3.52. The van der Waals surface area contributed by atoms with Crippen LogP contribution in [-0.4, -0.2) is 37.5 Å². The summed E-state index contributed by atoms with van der Waals surface area (Å²) in [7, 11) is -3.52. The molecule has 0 heterocycles. The van der Waals surface area contributed by atoms with Gasteiger partial charge < -0.3 is 5.11 Å². The lowest BCUT2D eigenvalue weighted by Crippen LogP contribution is -2.42. The van der Waals surface area contributed by atoms with Gasteiger partial charge in [0.15, 0.2) is 0 Å². The molecule has 108 valence electrons. The van der Waals surface area contributed by atoms with Crippen molar-refractivity contribution in [3.8, 4) is 0 Å². The summed E-state index contributed by atoms with van der Waals surface area (Å²) in [6, 6.07) is 8.88. The Morgan fingerprint density at radius 3 is 2.26 bits per heavy atom. The van der Waals surface area contributed by atoms with Gasteiger partial charge in [-0.3, -0.25) is 0 Å². The molecule has 1 aromatic carbocycles. The second-order valence-corrected chi connectivity index (χ2v) is 5.88. The molecule has 19 heavy (non-hydrogen) atoms. The van der Waals surface area contributed by atoms with E-state index >= 15 is 0 Å². The van der Waals surface area contributed by atoms with Gasteiger partial charge in [-0.25, -0.2) is 0 Å². The molecule has 0 saturated heterocycles. The van der Waals surface area contributed by atoms with Gasteiger partial charge in [-0.1, -0.05) is 44.2 Å². The van der Waals surface area contributed by atoms with Crippen LogP contribution in [0.2, 0.25) is 0 Å². The minimum absolute atomic E-state index is 0.0691. The normalized spacial score (nSPS) is 13.7. The zero-order chi connectivity index (χ0) is 14.3. The van der Waals surface area contributed by atoms with E-state index in [2.05, 4.69) is 4.72 Å². The molecular weight excluding hydrogens is 264 g/mol. The van der Waals surface area contributed by atoms with Gasteiger partial charge in [-0.2, -0.15) is 17.4 Å². The molecule has 0 bridgehead atoms. The van der Waals surface area contributed by atoms with E-state index in [1.165, 1.54) is 4.31 Å². The number of aliphatic hydroxyl groups is 1. The van der Waals surface area contributed by atoms with Gasteiger partial charge in [0, 0.05) is 19.7 Å². The number of hydrogen-bond acceptors (Lipinski definition) is 3. The number of hydrogen-bond donors (Lipinski definition) is 2. The van der Waals surface area contributed by atoms with Crippen molar-refractivity contribution in [1.29, 1.82) is 0 Å². The number of nitrogens with zero attached hydrogens (tertiary/aromatic N) is 1. The Kier molecular flexibility index (Phi) is 6.44. The van der Waals surface area contributed by atoms with Gasteiger partial charge in [0.05, 0.1) is 6.04 Å². The maximum atomic E-state index is 12.2. The van der Waals surface area contributed by atoms with E-state index in [4.69, 9.17) is 5.11 Å². The van der Waals surface area contributed by atoms with Gasteiger partial charge in [0.25, 0.3) is 10.2 Å². The van der Waals surface area contributed by atoms with Gasteiger partial charge in [-0.15, -0.1) is 0 Å². The fourth-order valence-corrected chi connectivity index (χ4v) is 3.37. The predicted molar refractivity (Wildman–Crippen MR) is 75.9 cm³/mol. The molecule has 0 unspecified atom stereocenters. The molecule has 0 saturated carbocycles. The Morgan fingerprint density at radius 2 is 1.79 bits per heavy atom. The van der Waals surface area contributed by atoms with E-state index in [0.29, 0.717) is 19.5 Å². The van der Waals surface area contributed by atoms with Crippen molar-refractivity contribution >= 4 is 10.2 Å². The van der Waals surface area contributed by atoms with Crippen molar-refractivity contribution in [3.05, 3.63) is 35.9 Å². The standard InChI is InChI=1S/C13H22N2O3S/c1-3-15(4-2)19(17,18)14-13(10-11-16)12-8-6-5-7-9-12/h5-9,13-14,16H,3-4,10-11H2,1-2H3/t13-/m1/s1. The highest BCUT2D eigenvalue weighted by atomic mass is 32.2. The highest BCUT2D eigenvalue weighted by molar-refractivity contribution is 7.87.